The number of hydrogen-bond donors (Lipinski definition) is 1. The van der Waals surface area contributed by atoms with Gasteiger partial charge < -0.3 is 19.5 Å². The molecule has 53 heavy (non-hydrogen) atoms. The van der Waals surface area contributed by atoms with Crippen molar-refractivity contribution in [1.29, 1.82) is 0 Å². The molecular formula is C36H50N6O11. The van der Waals surface area contributed by atoms with Gasteiger partial charge in [-0.1, -0.05) is 68.9 Å². The number of ether oxygens (including phenoxy) is 3. The van der Waals surface area contributed by atoms with Crippen LogP contribution in [0, 0.1) is 0 Å². The first-order valence-electron chi connectivity index (χ1n) is 18.1. The van der Waals surface area contributed by atoms with Gasteiger partial charge >= 0.3 is 29.1 Å². The smallest absolute Gasteiger partial charge is 0.407 e. The Morgan fingerprint density at radius 2 is 1.04 bits per heavy atom. The van der Waals surface area contributed by atoms with Crippen molar-refractivity contribution in [3.63, 3.8) is 0 Å². The monoisotopic (exact) mass is 742 g/mol. The zero-order chi connectivity index (χ0) is 38.5. The molecule has 0 spiro atoms. The third-order valence-electron chi connectivity index (χ3n) is 8.04. The molecule has 0 aliphatic carbocycles. The normalized spacial score (nSPS) is 10.6. The molecule has 0 bridgehead atoms. The van der Waals surface area contributed by atoms with E-state index in [1.165, 1.54) is 24.3 Å². The first-order valence-corrected chi connectivity index (χ1v) is 18.1. The Balaban J connectivity index is 1.71. The van der Waals surface area contributed by atoms with Crippen LogP contribution in [0.3, 0.4) is 0 Å². The van der Waals surface area contributed by atoms with E-state index in [9.17, 15) is 38.4 Å². The molecule has 1 amide bonds. The molecule has 1 N–H and O–H groups in total. The van der Waals surface area contributed by atoms with Crippen LogP contribution in [0.4, 0.5) is 4.79 Å². The van der Waals surface area contributed by atoms with Crippen LogP contribution >= 0.6 is 0 Å². The fourth-order valence-electron chi connectivity index (χ4n) is 5.23. The Bertz CT molecular complexity index is 1620. The number of carbonyl (C=O) groups is 3. The van der Waals surface area contributed by atoms with Gasteiger partial charge in [0.15, 0.2) is 0 Å². The average Bonchev–Trinajstić information content (AvgIpc) is 3.16. The maximum Gasteiger partial charge on any atom is 0.407 e. The highest BCUT2D eigenvalue weighted by atomic mass is 16.6. The van der Waals surface area contributed by atoms with Crippen molar-refractivity contribution in [3.8, 4) is 0 Å². The molecule has 0 atom stereocenters. The minimum Gasteiger partial charge on any atom is -0.457 e. The lowest BCUT2D eigenvalue weighted by Gasteiger charge is -2.14. The number of alkyl carbamates (subject to hydrolysis) is 1. The van der Waals surface area contributed by atoms with E-state index in [0.717, 1.165) is 39.4 Å². The number of esters is 1. The van der Waals surface area contributed by atoms with E-state index in [1.807, 2.05) is 0 Å². The summed E-state index contributed by atoms with van der Waals surface area (Å²) in [4.78, 5) is 103. The molecule has 0 saturated heterocycles. The molecule has 17 heteroatoms. The fourth-order valence-corrected chi connectivity index (χ4v) is 5.23. The number of isocyanates is 2. The summed E-state index contributed by atoms with van der Waals surface area (Å²) in [5.41, 5.74) is -1.67. The Hall–Kier alpha value is -5.24. The van der Waals surface area contributed by atoms with Crippen LogP contribution in [0.1, 0.15) is 87.4 Å². The predicted molar refractivity (Wildman–Crippen MR) is 193 cm³/mol. The first kappa shape index (κ1) is 43.9. The van der Waals surface area contributed by atoms with Crippen molar-refractivity contribution in [3.05, 3.63) is 67.3 Å². The van der Waals surface area contributed by atoms with Gasteiger partial charge in [0.2, 0.25) is 12.2 Å². The molecule has 17 nitrogen and oxygen atoms in total. The Morgan fingerprint density at radius 3 is 1.53 bits per heavy atom. The Kier molecular flexibility index (Phi) is 22.7. The number of Topliss-reactive ketones (excluding diaryl/α,β-unsaturated/α-hetero) is 1. The zero-order valence-electron chi connectivity index (χ0n) is 30.2. The maximum atomic E-state index is 13.3. The number of benzene rings is 1. The van der Waals surface area contributed by atoms with Crippen LogP contribution in [0.15, 0.2) is 54.7 Å². The van der Waals surface area contributed by atoms with E-state index < -0.39 is 34.9 Å². The topological polar surface area (TPSA) is 216 Å². The average molecular weight is 743 g/mol. The molecular weight excluding hydrogens is 692 g/mol. The Morgan fingerprint density at radius 1 is 0.585 bits per heavy atom. The van der Waals surface area contributed by atoms with Crippen molar-refractivity contribution in [1.82, 2.24) is 19.0 Å². The van der Waals surface area contributed by atoms with Gasteiger partial charge in [0.25, 0.3) is 5.78 Å². The number of amides is 1. The van der Waals surface area contributed by atoms with Crippen molar-refractivity contribution >= 4 is 30.0 Å². The molecule has 2 aromatic rings. The molecule has 0 radical (unpaired) electrons. The largest absolute Gasteiger partial charge is 0.457 e. The van der Waals surface area contributed by atoms with Crippen molar-refractivity contribution in [2.75, 3.05) is 46.1 Å². The SMILES string of the molecule is O=C=NCCCCCCn1c(=O)n(CCCCCCN=C=O)c(=O)n(CCCCCCNC(=O)OCCOCCOC(=O)C(=O)c2ccccc2)c1=O. The summed E-state index contributed by atoms with van der Waals surface area (Å²) >= 11 is 0. The van der Waals surface area contributed by atoms with Gasteiger partial charge in [0.1, 0.15) is 13.2 Å². The number of carbonyl (C=O) groups excluding carboxylic acids is 5. The van der Waals surface area contributed by atoms with Crippen molar-refractivity contribution in [2.24, 2.45) is 9.98 Å². The lowest BCUT2D eigenvalue weighted by molar-refractivity contribution is -0.139. The van der Waals surface area contributed by atoms with E-state index in [0.29, 0.717) is 71.0 Å². The van der Waals surface area contributed by atoms with Crippen LogP contribution in [0.25, 0.3) is 0 Å². The van der Waals surface area contributed by atoms with E-state index >= 15 is 0 Å². The van der Waals surface area contributed by atoms with Gasteiger partial charge in [-0.05, 0) is 38.5 Å². The minimum atomic E-state index is -0.977. The summed E-state index contributed by atoms with van der Waals surface area (Å²) in [6, 6.07) is 8.05. The van der Waals surface area contributed by atoms with Crippen LogP contribution in [0.5, 0.6) is 0 Å². The summed E-state index contributed by atoms with van der Waals surface area (Å²) in [7, 11) is 0. The standard InChI is InChI=1S/C36H50N6O11/c43-28-37-18-10-1-4-13-21-40-34(48)41(22-14-5-2-11-19-38-29-44)36(50)42(35(40)49)23-15-6-3-12-20-39-33(47)53-27-25-51-24-26-52-32(46)31(45)30-16-8-7-9-17-30/h7-9,16-17H,1-6,10-15,18-27H2,(H,39,47). The molecule has 0 unspecified atom stereocenters. The van der Waals surface area contributed by atoms with Crippen LogP contribution in [-0.2, 0) is 48.2 Å². The fraction of sp³-hybridized carbons (Fsp3) is 0.611. The highest BCUT2D eigenvalue weighted by Crippen LogP contribution is 2.04. The van der Waals surface area contributed by atoms with Gasteiger partial charge in [-0.25, -0.2) is 57.2 Å². The van der Waals surface area contributed by atoms with E-state index in [2.05, 4.69) is 15.3 Å². The number of aliphatic imine (C=N–C) groups is 2. The van der Waals surface area contributed by atoms with Crippen LogP contribution < -0.4 is 22.4 Å². The lowest BCUT2D eigenvalue weighted by atomic mass is 10.1. The molecule has 1 heterocycles. The maximum absolute atomic E-state index is 13.3. The summed E-state index contributed by atoms with van der Waals surface area (Å²) in [5, 5.41) is 2.64. The zero-order valence-corrected chi connectivity index (χ0v) is 30.2. The van der Waals surface area contributed by atoms with Crippen molar-refractivity contribution < 1.29 is 38.2 Å². The lowest BCUT2D eigenvalue weighted by Crippen LogP contribution is -2.54. The predicted octanol–water partition coefficient (Wildman–Crippen LogP) is 2.69. The minimum absolute atomic E-state index is 0.0237. The third-order valence-corrected chi connectivity index (χ3v) is 8.04. The summed E-state index contributed by atoms with van der Waals surface area (Å²) in [6.07, 6.45) is 10.4. The van der Waals surface area contributed by atoms with E-state index in [-0.39, 0.29) is 51.6 Å². The molecule has 1 aromatic carbocycles. The van der Waals surface area contributed by atoms with Gasteiger partial charge in [-0.2, -0.15) is 0 Å². The number of rotatable bonds is 29. The van der Waals surface area contributed by atoms with Crippen LogP contribution in [-0.4, -0.2) is 89.8 Å². The van der Waals surface area contributed by atoms with E-state index in [4.69, 9.17) is 14.2 Å². The van der Waals surface area contributed by atoms with Gasteiger partial charge in [0.05, 0.1) is 26.3 Å². The molecule has 1 aromatic heterocycles. The van der Waals surface area contributed by atoms with Crippen molar-refractivity contribution in [2.45, 2.75) is 96.7 Å². The summed E-state index contributed by atoms with van der Waals surface area (Å²) < 4.78 is 18.6. The molecule has 0 aliphatic rings. The molecule has 290 valence electrons. The summed E-state index contributed by atoms with van der Waals surface area (Å²) in [6.45, 7) is 1.54. The number of nitrogens with zero attached hydrogens (tertiary/aromatic N) is 5. The summed E-state index contributed by atoms with van der Waals surface area (Å²) in [5.74, 6) is -1.72. The van der Waals surface area contributed by atoms with Gasteiger partial charge in [-0.15, -0.1) is 0 Å². The number of ketones is 1. The Labute approximate surface area is 307 Å². The third kappa shape index (κ3) is 17.7. The number of unbranched alkanes of at least 4 members (excludes halogenated alkanes) is 9. The molecule has 0 fully saturated rings. The molecule has 0 aliphatic heterocycles. The van der Waals surface area contributed by atoms with Gasteiger partial charge in [0, 0.05) is 31.7 Å². The molecule has 2 rings (SSSR count). The van der Waals surface area contributed by atoms with E-state index in [1.54, 1.807) is 18.2 Å². The molecule has 0 saturated carbocycles. The quantitative estimate of drug-likeness (QED) is 0.0319. The first-order chi connectivity index (χ1) is 25.8. The second-order valence-electron chi connectivity index (χ2n) is 12.0. The number of hydrogen-bond acceptors (Lipinski definition) is 13. The number of aromatic nitrogens is 3. The highest BCUT2D eigenvalue weighted by Gasteiger charge is 2.17. The second-order valence-corrected chi connectivity index (χ2v) is 12.0. The second kappa shape index (κ2) is 27.4. The number of nitrogens with one attached hydrogen (secondary N) is 1. The van der Waals surface area contributed by atoms with Crippen LogP contribution in [0.2, 0.25) is 0 Å². The van der Waals surface area contributed by atoms with Gasteiger partial charge in [-0.3, -0.25) is 4.79 Å². The highest BCUT2D eigenvalue weighted by molar-refractivity contribution is 6.40.